The molecule has 0 atom stereocenters. The number of hydrogen-bond donors (Lipinski definition) is 2. The maximum Gasteiger partial charge on any atom is 0.204 e. The molecule has 3 heterocycles. The molecule has 10 heteroatoms. The van der Waals surface area contributed by atoms with Gasteiger partial charge in [0.15, 0.2) is 23.0 Å². The fourth-order valence-corrected chi connectivity index (χ4v) is 5.61. The van der Waals surface area contributed by atoms with Crippen molar-refractivity contribution in [2.75, 3.05) is 68.8 Å². The zero-order valence-corrected chi connectivity index (χ0v) is 23.6. The third kappa shape index (κ3) is 5.14. The largest absolute Gasteiger partial charge is 0.493 e. The predicted molar refractivity (Wildman–Crippen MR) is 151 cm³/mol. The zero-order chi connectivity index (χ0) is 27.5. The van der Waals surface area contributed by atoms with Gasteiger partial charge in [0.2, 0.25) is 11.5 Å². The van der Waals surface area contributed by atoms with E-state index in [0.717, 1.165) is 78.9 Å². The summed E-state index contributed by atoms with van der Waals surface area (Å²) in [6.07, 6.45) is 1.09. The molecule has 0 amide bonds. The van der Waals surface area contributed by atoms with Crippen molar-refractivity contribution in [3.8, 4) is 34.5 Å². The van der Waals surface area contributed by atoms with Crippen molar-refractivity contribution in [3.63, 3.8) is 0 Å². The Kier molecular flexibility index (Phi) is 7.94. The Morgan fingerprint density at radius 1 is 0.538 bits per heavy atom. The second kappa shape index (κ2) is 11.5. The van der Waals surface area contributed by atoms with Gasteiger partial charge in [-0.3, -0.25) is 9.80 Å². The minimum atomic E-state index is 0.606. The fraction of sp³-hybridized carbons (Fsp3) is 0.448. The number of methoxy groups -OCH3 is 6. The summed E-state index contributed by atoms with van der Waals surface area (Å²) < 4.78 is 33.5. The predicted octanol–water partition coefficient (Wildman–Crippen LogP) is 4.41. The van der Waals surface area contributed by atoms with E-state index in [9.17, 15) is 0 Å². The molecule has 1 saturated heterocycles. The molecule has 5 rings (SSSR count). The van der Waals surface area contributed by atoms with Crippen molar-refractivity contribution in [2.45, 2.75) is 19.5 Å². The van der Waals surface area contributed by atoms with E-state index in [4.69, 9.17) is 28.4 Å². The van der Waals surface area contributed by atoms with Gasteiger partial charge >= 0.3 is 0 Å². The quantitative estimate of drug-likeness (QED) is 0.307. The van der Waals surface area contributed by atoms with Gasteiger partial charge in [0.1, 0.15) is 0 Å². The van der Waals surface area contributed by atoms with Crippen molar-refractivity contribution >= 4 is 21.8 Å². The normalized spacial score (nSPS) is 14.9. The summed E-state index contributed by atoms with van der Waals surface area (Å²) in [6, 6.07) is 8.23. The minimum Gasteiger partial charge on any atom is -0.493 e. The molecule has 2 N–H and O–H groups in total. The Morgan fingerprint density at radius 2 is 0.949 bits per heavy atom. The second-order valence-corrected chi connectivity index (χ2v) is 9.71. The van der Waals surface area contributed by atoms with Crippen LogP contribution in [0.3, 0.4) is 0 Å². The maximum absolute atomic E-state index is 5.68. The summed E-state index contributed by atoms with van der Waals surface area (Å²) in [7, 11) is 9.84. The zero-order valence-electron chi connectivity index (χ0n) is 23.6. The van der Waals surface area contributed by atoms with Crippen LogP contribution in [0.4, 0.5) is 0 Å². The summed E-state index contributed by atoms with van der Waals surface area (Å²) in [5.74, 6) is 3.87. The lowest BCUT2D eigenvalue weighted by Crippen LogP contribution is -2.30. The van der Waals surface area contributed by atoms with Crippen LogP contribution in [-0.4, -0.2) is 88.6 Å². The highest BCUT2D eigenvalue weighted by molar-refractivity contribution is 5.92. The lowest BCUT2D eigenvalue weighted by molar-refractivity contribution is 0.244. The Balaban J connectivity index is 1.28. The molecule has 1 fully saturated rings. The molecule has 10 nitrogen and oxygen atoms in total. The lowest BCUT2D eigenvalue weighted by atomic mass is 10.2. The Labute approximate surface area is 228 Å². The van der Waals surface area contributed by atoms with Gasteiger partial charge in [-0.2, -0.15) is 0 Å². The third-order valence-corrected chi connectivity index (χ3v) is 7.43. The van der Waals surface area contributed by atoms with Crippen LogP contribution in [-0.2, 0) is 13.1 Å². The Bertz CT molecular complexity index is 1340. The second-order valence-electron chi connectivity index (χ2n) is 9.71. The summed E-state index contributed by atoms with van der Waals surface area (Å²) >= 11 is 0. The van der Waals surface area contributed by atoms with Crippen LogP contribution >= 0.6 is 0 Å². The molecular weight excluding hydrogens is 500 g/mol. The van der Waals surface area contributed by atoms with E-state index in [1.807, 2.05) is 12.1 Å². The van der Waals surface area contributed by atoms with Gasteiger partial charge in [0.25, 0.3) is 0 Å². The number of rotatable bonds is 10. The summed E-state index contributed by atoms with van der Waals surface area (Å²) in [5.41, 5.74) is 4.22. The van der Waals surface area contributed by atoms with Gasteiger partial charge in [-0.1, -0.05) is 0 Å². The monoisotopic (exact) mass is 538 g/mol. The van der Waals surface area contributed by atoms with E-state index >= 15 is 0 Å². The van der Waals surface area contributed by atoms with Gasteiger partial charge in [0, 0.05) is 60.5 Å². The topological polar surface area (TPSA) is 93.4 Å². The maximum atomic E-state index is 5.68. The van der Waals surface area contributed by atoms with Crippen LogP contribution < -0.4 is 28.4 Å². The van der Waals surface area contributed by atoms with Gasteiger partial charge in [-0.25, -0.2) is 0 Å². The molecule has 0 saturated carbocycles. The average Bonchev–Trinajstić information content (AvgIpc) is 3.48. The molecule has 0 spiro atoms. The third-order valence-electron chi connectivity index (χ3n) is 7.43. The number of benzene rings is 2. The highest BCUT2D eigenvalue weighted by Crippen LogP contribution is 2.44. The molecule has 1 aliphatic rings. The number of nitrogens with zero attached hydrogens (tertiary/aromatic N) is 2. The standard InChI is InChI=1S/C29H38N4O6/c1-34-24-14-22-20(26(36-3)28(24)38-5)12-18(30-22)16-32-8-7-9-33(11-10-32)17-19-13-21-23(31-19)15-25(35-2)29(39-6)27(21)37-4/h12-15,30-31H,7-11,16-17H2,1-6H3. The average molecular weight is 539 g/mol. The molecule has 0 aliphatic carbocycles. The molecule has 210 valence electrons. The Morgan fingerprint density at radius 3 is 1.31 bits per heavy atom. The Hall–Kier alpha value is -3.76. The van der Waals surface area contributed by atoms with Gasteiger partial charge in [-0.05, 0) is 31.6 Å². The molecule has 2 aromatic carbocycles. The highest BCUT2D eigenvalue weighted by atomic mass is 16.5. The number of aromatic nitrogens is 2. The summed E-state index contributed by atoms with van der Waals surface area (Å²) in [4.78, 5) is 12.1. The van der Waals surface area contributed by atoms with Gasteiger partial charge in [0.05, 0.1) is 53.7 Å². The van der Waals surface area contributed by atoms with E-state index in [1.54, 1.807) is 42.7 Å². The molecule has 0 unspecified atom stereocenters. The molecule has 2 aromatic heterocycles. The molecule has 0 bridgehead atoms. The SMILES string of the molecule is COc1cc2[nH]c(CN3CCCN(Cc4cc5c(OC)c(OC)c(OC)cc5[nH]4)CC3)cc2c(OC)c1OC. The van der Waals surface area contributed by atoms with Crippen molar-refractivity contribution in [1.29, 1.82) is 0 Å². The number of aromatic amines is 2. The van der Waals surface area contributed by atoms with Crippen LogP contribution in [0.1, 0.15) is 17.8 Å². The van der Waals surface area contributed by atoms with Crippen LogP contribution in [0.5, 0.6) is 34.5 Å². The number of fused-ring (bicyclic) bond motifs is 2. The molecule has 39 heavy (non-hydrogen) atoms. The minimum absolute atomic E-state index is 0.606. The smallest absolute Gasteiger partial charge is 0.204 e. The van der Waals surface area contributed by atoms with Crippen LogP contribution in [0.25, 0.3) is 21.8 Å². The van der Waals surface area contributed by atoms with E-state index in [-0.39, 0.29) is 0 Å². The first-order valence-corrected chi connectivity index (χ1v) is 13.1. The summed E-state index contributed by atoms with van der Waals surface area (Å²) in [5, 5.41) is 1.98. The number of H-pyrrole nitrogens is 2. The van der Waals surface area contributed by atoms with Crippen LogP contribution in [0.2, 0.25) is 0 Å². The first kappa shape index (κ1) is 26.8. The molecule has 0 radical (unpaired) electrons. The first-order chi connectivity index (χ1) is 19.0. The van der Waals surface area contributed by atoms with Crippen LogP contribution in [0, 0.1) is 0 Å². The summed E-state index contributed by atoms with van der Waals surface area (Å²) in [6.45, 7) is 5.68. The fourth-order valence-electron chi connectivity index (χ4n) is 5.61. The highest BCUT2D eigenvalue weighted by Gasteiger charge is 2.22. The molecule has 1 aliphatic heterocycles. The van der Waals surface area contributed by atoms with Gasteiger partial charge in [-0.15, -0.1) is 0 Å². The van der Waals surface area contributed by atoms with E-state index in [1.165, 1.54) is 0 Å². The van der Waals surface area contributed by atoms with E-state index in [2.05, 4.69) is 31.9 Å². The van der Waals surface area contributed by atoms with Crippen molar-refractivity contribution in [3.05, 3.63) is 35.7 Å². The molecule has 4 aromatic rings. The lowest BCUT2D eigenvalue weighted by Gasteiger charge is -2.21. The molecular formula is C29H38N4O6. The van der Waals surface area contributed by atoms with E-state index < -0.39 is 0 Å². The van der Waals surface area contributed by atoms with Crippen LogP contribution in [0.15, 0.2) is 24.3 Å². The van der Waals surface area contributed by atoms with Crippen molar-refractivity contribution in [1.82, 2.24) is 19.8 Å². The number of nitrogens with one attached hydrogen (secondary N) is 2. The number of hydrogen-bond acceptors (Lipinski definition) is 8. The van der Waals surface area contributed by atoms with Crippen molar-refractivity contribution < 1.29 is 28.4 Å². The number of ether oxygens (including phenoxy) is 6. The van der Waals surface area contributed by atoms with Crippen molar-refractivity contribution in [2.24, 2.45) is 0 Å². The van der Waals surface area contributed by atoms with Gasteiger partial charge < -0.3 is 38.4 Å². The van der Waals surface area contributed by atoms with E-state index in [0.29, 0.717) is 34.5 Å². The first-order valence-electron chi connectivity index (χ1n) is 13.1.